The highest BCUT2D eigenvalue weighted by Gasteiger charge is 2.03. The summed E-state index contributed by atoms with van der Waals surface area (Å²) in [5, 5.41) is 17.1. The molecule has 1 heterocycles. The summed E-state index contributed by atoms with van der Waals surface area (Å²) < 4.78 is 1.75. The molecule has 4 nitrogen and oxygen atoms in total. The van der Waals surface area contributed by atoms with Crippen molar-refractivity contribution in [2.75, 3.05) is 25.1 Å². The Morgan fingerprint density at radius 1 is 1.41 bits per heavy atom. The fourth-order valence-corrected chi connectivity index (χ4v) is 2.12. The smallest absolute Gasteiger partial charge is 0.0860 e. The molecule has 1 aromatic heterocycles. The van der Waals surface area contributed by atoms with Gasteiger partial charge in [0.2, 0.25) is 0 Å². The van der Waals surface area contributed by atoms with Gasteiger partial charge in [-0.2, -0.15) is 16.9 Å². The van der Waals surface area contributed by atoms with E-state index in [0.717, 1.165) is 6.54 Å². The van der Waals surface area contributed by atoms with E-state index in [0.29, 0.717) is 13.1 Å². The summed E-state index contributed by atoms with van der Waals surface area (Å²) >= 11 is 1.90. The van der Waals surface area contributed by atoms with Crippen molar-refractivity contribution in [1.29, 1.82) is 0 Å². The number of thioether (sulfide) groups is 1. The van der Waals surface area contributed by atoms with Gasteiger partial charge in [0.25, 0.3) is 0 Å². The van der Waals surface area contributed by atoms with Gasteiger partial charge in [-0.15, -0.1) is 0 Å². The molecule has 0 aliphatic carbocycles. The first kappa shape index (κ1) is 14.5. The fourth-order valence-electron chi connectivity index (χ4n) is 1.63. The second kappa shape index (κ2) is 9.50. The predicted molar refractivity (Wildman–Crippen MR) is 73.3 cm³/mol. The van der Waals surface area contributed by atoms with E-state index >= 15 is 0 Å². The molecule has 1 atom stereocenters. The van der Waals surface area contributed by atoms with Crippen molar-refractivity contribution in [3.05, 3.63) is 18.5 Å². The van der Waals surface area contributed by atoms with Crippen molar-refractivity contribution < 1.29 is 5.11 Å². The lowest BCUT2D eigenvalue weighted by atomic mass is 10.2. The van der Waals surface area contributed by atoms with Crippen LogP contribution in [0.4, 0.5) is 0 Å². The van der Waals surface area contributed by atoms with E-state index in [1.165, 1.54) is 25.0 Å². The largest absolute Gasteiger partial charge is 0.390 e. The molecule has 5 heteroatoms. The van der Waals surface area contributed by atoms with Gasteiger partial charge in [0, 0.05) is 18.9 Å². The minimum absolute atomic E-state index is 0.360. The molecule has 0 aliphatic heterocycles. The molecule has 0 aromatic carbocycles. The first-order chi connectivity index (χ1) is 8.33. The molecule has 0 aliphatic rings. The van der Waals surface area contributed by atoms with Crippen LogP contribution in [-0.4, -0.2) is 46.1 Å². The monoisotopic (exact) mass is 257 g/mol. The Morgan fingerprint density at radius 3 is 3.00 bits per heavy atom. The number of aromatic nitrogens is 2. The molecule has 0 saturated carbocycles. The predicted octanol–water partition coefficient (Wildman–Crippen LogP) is 1.37. The van der Waals surface area contributed by atoms with Crippen LogP contribution in [0.25, 0.3) is 0 Å². The van der Waals surface area contributed by atoms with Crippen molar-refractivity contribution in [3.63, 3.8) is 0 Å². The summed E-state index contributed by atoms with van der Waals surface area (Å²) in [4.78, 5) is 0. The summed E-state index contributed by atoms with van der Waals surface area (Å²) in [5.74, 6) is 1.25. The normalized spacial score (nSPS) is 12.8. The first-order valence-corrected chi connectivity index (χ1v) is 7.57. The van der Waals surface area contributed by atoms with Gasteiger partial charge in [-0.05, 0) is 37.5 Å². The summed E-state index contributed by atoms with van der Waals surface area (Å²) in [7, 11) is 0. The van der Waals surface area contributed by atoms with E-state index in [1.807, 2.05) is 24.0 Å². The van der Waals surface area contributed by atoms with E-state index < -0.39 is 0 Å². The topological polar surface area (TPSA) is 50.1 Å². The number of rotatable bonds is 10. The number of nitrogens with one attached hydrogen (secondary N) is 1. The third-order valence-electron chi connectivity index (χ3n) is 2.54. The molecule has 0 saturated heterocycles. The summed E-state index contributed by atoms with van der Waals surface area (Å²) in [6.07, 6.45) is 9.12. The summed E-state index contributed by atoms with van der Waals surface area (Å²) in [5.41, 5.74) is 0. The lowest BCUT2D eigenvalue weighted by Crippen LogP contribution is -2.31. The number of nitrogens with zero attached hydrogens (tertiary/aromatic N) is 2. The second-order valence-electron chi connectivity index (χ2n) is 4.14. The minimum atomic E-state index is -0.360. The third kappa shape index (κ3) is 7.41. The quantitative estimate of drug-likeness (QED) is 0.622. The van der Waals surface area contributed by atoms with Gasteiger partial charge < -0.3 is 10.4 Å². The van der Waals surface area contributed by atoms with Gasteiger partial charge >= 0.3 is 0 Å². The van der Waals surface area contributed by atoms with Gasteiger partial charge in [-0.25, -0.2) is 0 Å². The Morgan fingerprint density at radius 2 is 2.29 bits per heavy atom. The summed E-state index contributed by atoms with van der Waals surface area (Å²) in [6, 6.07) is 1.87. The van der Waals surface area contributed by atoms with E-state index in [9.17, 15) is 5.11 Å². The molecular formula is C12H23N3OS. The number of hydrogen-bond donors (Lipinski definition) is 2. The first-order valence-electron chi connectivity index (χ1n) is 6.18. The highest BCUT2D eigenvalue weighted by molar-refractivity contribution is 7.98. The van der Waals surface area contributed by atoms with Crippen molar-refractivity contribution in [2.45, 2.75) is 31.9 Å². The van der Waals surface area contributed by atoms with Gasteiger partial charge in [0.15, 0.2) is 0 Å². The number of aliphatic hydroxyl groups is 1. The zero-order chi connectivity index (χ0) is 12.3. The van der Waals surface area contributed by atoms with Crippen LogP contribution in [0.3, 0.4) is 0 Å². The molecule has 1 rings (SSSR count). The average Bonchev–Trinajstić information content (AvgIpc) is 2.80. The highest BCUT2D eigenvalue weighted by atomic mass is 32.2. The minimum Gasteiger partial charge on any atom is -0.390 e. The van der Waals surface area contributed by atoms with Crippen LogP contribution in [-0.2, 0) is 6.54 Å². The molecule has 1 unspecified atom stereocenters. The van der Waals surface area contributed by atoms with Crippen LogP contribution >= 0.6 is 11.8 Å². The third-order valence-corrected chi connectivity index (χ3v) is 3.24. The standard InChI is InChI=1S/C12H23N3OS/c1-17-9-4-2-3-6-13-10-12(16)11-15-8-5-7-14-15/h5,7-8,12-13,16H,2-4,6,9-11H2,1H3. The molecule has 2 N–H and O–H groups in total. The summed E-state index contributed by atoms with van der Waals surface area (Å²) in [6.45, 7) is 2.19. The van der Waals surface area contributed by atoms with Crippen LogP contribution in [0.1, 0.15) is 19.3 Å². The van der Waals surface area contributed by atoms with E-state index in [-0.39, 0.29) is 6.10 Å². The molecule has 0 amide bonds. The molecule has 98 valence electrons. The van der Waals surface area contributed by atoms with E-state index in [2.05, 4.69) is 16.7 Å². The zero-order valence-electron chi connectivity index (χ0n) is 10.5. The van der Waals surface area contributed by atoms with E-state index in [1.54, 1.807) is 10.9 Å². The molecule has 0 fully saturated rings. The van der Waals surface area contributed by atoms with Crippen molar-refractivity contribution in [1.82, 2.24) is 15.1 Å². The molecule has 1 aromatic rings. The maximum atomic E-state index is 9.74. The van der Waals surface area contributed by atoms with Gasteiger partial charge in [0.1, 0.15) is 0 Å². The van der Waals surface area contributed by atoms with Crippen LogP contribution in [0.5, 0.6) is 0 Å². The van der Waals surface area contributed by atoms with Crippen molar-refractivity contribution in [3.8, 4) is 0 Å². The fraction of sp³-hybridized carbons (Fsp3) is 0.750. The highest BCUT2D eigenvalue weighted by Crippen LogP contribution is 2.01. The van der Waals surface area contributed by atoms with Crippen molar-refractivity contribution >= 4 is 11.8 Å². The van der Waals surface area contributed by atoms with Crippen LogP contribution < -0.4 is 5.32 Å². The van der Waals surface area contributed by atoms with Crippen LogP contribution in [0.2, 0.25) is 0 Å². The Kier molecular flexibility index (Phi) is 8.13. The Bertz CT molecular complexity index is 267. The lowest BCUT2D eigenvalue weighted by molar-refractivity contribution is 0.147. The van der Waals surface area contributed by atoms with Crippen molar-refractivity contribution in [2.24, 2.45) is 0 Å². The number of aliphatic hydroxyl groups excluding tert-OH is 1. The SMILES string of the molecule is CSCCCCCNCC(O)Cn1cccn1. The maximum absolute atomic E-state index is 9.74. The molecule has 0 radical (unpaired) electrons. The number of hydrogen-bond acceptors (Lipinski definition) is 4. The Balaban J connectivity index is 1.92. The van der Waals surface area contributed by atoms with E-state index in [4.69, 9.17) is 0 Å². The molecular weight excluding hydrogens is 234 g/mol. The van der Waals surface area contributed by atoms with Crippen LogP contribution in [0, 0.1) is 0 Å². The van der Waals surface area contributed by atoms with Gasteiger partial charge in [0.05, 0.1) is 12.6 Å². The second-order valence-corrected chi connectivity index (χ2v) is 5.13. The zero-order valence-corrected chi connectivity index (χ0v) is 11.3. The Hall–Kier alpha value is -0.520. The molecule has 0 spiro atoms. The van der Waals surface area contributed by atoms with Gasteiger partial charge in [-0.1, -0.05) is 6.42 Å². The number of unbranched alkanes of at least 4 members (excludes halogenated alkanes) is 2. The average molecular weight is 257 g/mol. The Labute approximate surface area is 108 Å². The van der Waals surface area contributed by atoms with Crippen LogP contribution in [0.15, 0.2) is 18.5 Å². The molecule has 0 bridgehead atoms. The lowest BCUT2D eigenvalue weighted by Gasteiger charge is -2.11. The molecule has 17 heavy (non-hydrogen) atoms. The maximum Gasteiger partial charge on any atom is 0.0860 e. The van der Waals surface area contributed by atoms with Gasteiger partial charge in [-0.3, -0.25) is 4.68 Å².